The summed E-state index contributed by atoms with van der Waals surface area (Å²) in [6.45, 7) is 3.17. The van der Waals surface area contributed by atoms with Crippen LogP contribution in [0.2, 0.25) is 0 Å². The first kappa shape index (κ1) is 12.9. The SMILES string of the molecule is CCNC1CCCCC1Sc1cccc(F)c1. The third kappa shape index (κ3) is 3.71. The molecular formula is C14H20FNS. The van der Waals surface area contributed by atoms with Gasteiger partial charge in [0.1, 0.15) is 5.82 Å². The smallest absolute Gasteiger partial charge is 0.124 e. The van der Waals surface area contributed by atoms with Crippen molar-refractivity contribution in [2.45, 2.75) is 48.8 Å². The lowest BCUT2D eigenvalue weighted by Gasteiger charge is -2.31. The van der Waals surface area contributed by atoms with Crippen LogP contribution in [0.5, 0.6) is 0 Å². The highest BCUT2D eigenvalue weighted by Crippen LogP contribution is 2.34. The summed E-state index contributed by atoms with van der Waals surface area (Å²) in [5, 5.41) is 4.14. The predicted molar refractivity (Wildman–Crippen MR) is 72.0 cm³/mol. The molecule has 1 aliphatic rings. The summed E-state index contributed by atoms with van der Waals surface area (Å²) < 4.78 is 13.1. The van der Waals surface area contributed by atoms with Gasteiger partial charge < -0.3 is 5.32 Å². The molecule has 2 atom stereocenters. The van der Waals surface area contributed by atoms with Crippen molar-refractivity contribution in [1.82, 2.24) is 5.32 Å². The molecule has 1 N–H and O–H groups in total. The van der Waals surface area contributed by atoms with E-state index in [9.17, 15) is 4.39 Å². The summed E-state index contributed by atoms with van der Waals surface area (Å²) in [7, 11) is 0. The quantitative estimate of drug-likeness (QED) is 0.875. The zero-order valence-electron chi connectivity index (χ0n) is 10.3. The fourth-order valence-corrected chi connectivity index (χ4v) is 3.82. The van der Waals surface area contributed by atoms with Gasteiger partial charge in [-0.3, -0.25) is 0 Å². The Bertz CT molecular complexity index is 354. The van der Waals surface area contributed by atoms with Gasteiger partial charge in [0.25, 0.3) is 0 Å². The van der Waals surface area contributed by atoms with Crippen molar-refractivity contribution in [2.75, 3.05) is 6.54 Å². The van der Waals surface area contributed by atoms with Crippen LogP contribution in [0.25, 0.3) is 0 Å². The second-order valence-electron chi connectivity index (χ2n) is 4.56. The normalized spacial score (nSPS) is 24.8. The average Bonchev–Trinajstić information content (AvgIpc) is 2.32. The molecule has 0 aliphatic heterocycles. The number of hydrogen-bond donors (Lipinski definition) is 1. The third-order valence-electron chi connectivity index (χ3n) is 3.25. The Morgan fingerprint density at radius 1 is 1.35 bits per heavy atom. The molecule has 0 spiro atoms. The van der Waals surface area contributed by atoms with Crippen LogP contribution in [-0.4, -0.2) is 17.8 Å². The average molecular weight is 253 g/mol. The van der Waals surface area contributed by atoms with E-state index in [-0.39, 0.29) is 5.82 Å². The number of thioether (sulfide) groups is 1. The van der Waals surface area contributed by atoms with E-state index in [2.05, 4.69) is 12.2 Å². The van der Waals surface area contributed by atoms with Crippen molar-refractivity contribution in [3.8, 4) is 0 Å². The number of rotatable bonds is 4. The second kappa shape index (κ2) is 6.41. The first-order valence-electron chi connectivity index (χ1n) is 6.45. The highest BCUT2D eigenvalue weighted by Gasteiger charge is 2.25. The molecule has 0 saturated heterocycles. The maximum Gasteiger partial charge on any atom is 0.124 e. The molecule has 3 heteroatoms. The van der Waals surface area contributed by atoms with E-state index >= 15 is 0 Å². The minimum absolute atomic E-state index is 0.134. The second-order valence-corrected chi connectivity index (χ2v) is 5.87. The van der Waals surface area contributed by atoms with E-state index in [1.807, 2.05) is 17.8 Å². The van der Waals surface area contributed by atoms with E-state index in [1.165, 1.54) is 31.7 Å². The highest BCUT2D eigenvalue weighted by molar-refractivity contribution is 8.00. The van der Waals surface area contributed by atoms with Gasteiger partial charge in [0.15, 0.2) is 0 Å². The van der Waals surface area contributed by atoms with Crippen molar-refractivity contribution in [3.05, 3.63) is 30.1 Å². The highest BCUT2D eigenvalue weighted by atomic mass is 32.2. The largest absolute Gasteiger partial charge is 0.313 e. The van der Waals surface area contributed by atoms with Crippen LogP contribution in [-0.2, 0) is 0 Å². The Labute approximate surface area is 107 Å². The Morgan fingerprint density at radius 3 is 2.94 bits per heavy atom. The van der Waals surface area contributed by atoms with E-state index < -0.39 is 0 Å². The standard InChI is InChI=1S/C14H20FNS/c1-2-16-13-8-3-4-9-14(13)17-12-7-5-6-11(15)10-12/h5-7,10,13-14,16H,2-4,8-9H2,1H3. The number of hydrogen-bond acceptors (Lipinski definition) is 2. The zero-order valence-corrected chi connectivity index (χ0v) is 11.1. The Balaban J connectivity index is 2.00. The Hall–Kier alpha value is -0.540. The van der Waals surface area contributed by atoms with E-state index in [0.29, 0.717) is 11.3 Å². The minimum Gasteiger partial charge on any atom is -0.313 e. The van der Waals surface area contributed by atoms with Gasteiger partial charge in [-0.05, 0) is 37.6 Å². The fraction of sp³-hybridized carbons (Fsp3) is 0.571. The lowest BCUT2D eigenvalue weighted by Crippen LogP contribution is -2.40. The van der Waals surface area contributed by atoms with Crippen LogP contribution < -0.4 is 5.32 Å². The van der Waals surface area contributed by atoms with Gasteiger partial charge in [-0.2, -0.15) is 0 Å². The molecule has 1 fully saturated rings. The summed E-state index contributed by atoms with van der Waals surface area (Å²) in [5.41, 5.74) is 0. The summed E-state index contributed by atoms with van der Waals surface area (Å²) in [5.74, 6) is -0.134. The van der Waals surface area contributed by atoms with Gasteiger partial charge in [0, 0.05) is 16.2 Å². The van der Waals surface area contributed by atoms with Crippen molar-refractivity contribution < 1.29 is 4.39 Å². The van der Waals surface area contributed by atoms with Crippen molar-refractivity contribution in [1.29, 1.82) is 0 Å². The fourth-order valence-electron chi connectivity index (χ4n) is 2.45. The predicted octanol–water partition coefficient (Wildman–Crippen LogP) is 3.84. The number of halogens is 1. The first-order valence-corrected chi connectivity index (χ1v) is 7.33. The Kier molecular flexibility index (Phi) is 4.86. The van der Waals surface area contributed by atoms with Crippen LogP contribution >= 0.6 is 11.8 Å². The van der Waals surface area contributed by atoms with Gasteiger partial charge in [-0.15, -0.1) is 11.8 Å². The molecule has 0 amide bonds. The van der Waals surface area contributed by atoms with Crippen molar-refractivity contribution in [2.24, 2.45) is 0 Å². The van der Waals surface area contributed by atoms with Crippen LogP contribution in [0.4, 0.5) is 4.39 Å². The van der Waals surface area contributed by atoms with Crippen LogP contribution in [0.3, 0.4) is 0 Å². The topological polar surface area (TPSA) is 12.0 Å². The number of nitrogens with one attached hydrogen (secondary N) is 1. The molecule has 1 aromatic rings. The molecule has 1 saturated carbocycles. The van der Waals surface area contributed by atoms with Gasteiger partial charge in [0.05, 0.1) is 0 Å². The molecule has 0 aromatic heterocycles. The summed E-state index contributed by atoms with van der Waals surface area (Å²) in [6.07, 6.45) is 5.10. The third-order valence-corrected chi connectivity index (χ3v) is 4.65. The van der Waals surface area contributed by atoms with Gasteiger partial charge >= 0.3 is 0 Å². The lowest BCUT2D eigenvalue weighted by atomic mass is 9.95. The van der Waals surface area contributed by atoms with Crippen molar-refractivity contribution in [3.63, 3.8) is 0 Å². The zero-order chi connectivity index (χ0) is 12.1. The van der Waals surface area contributed by atoms with Crippen LogP contribution in [0, 0.1) is 5.82 Å². The number of benzene rings is 1. The molecule has 0 radical (unpaired) electrons. The van der Waals surface area contributed by atoms with Gasteiger partial charge in [-0.25, -0.2) is 4.39 Å². The first-order chi connectivity index (χ1) is 8.29. The monoisotopic (exact) mass is 253 g/mol. The molecule has 0 heterocycles. The molecule has 1 aliphatic carbocycles. The van der Waals surface area contributed by atoms with E-state index in [1.54, 1.807) is 12.1 Å². The lowest BCUT2D eigenvalue weighted by molar-refractivity contribution is 0.391. The van der Waals surface area contributed by atoms with Crippen LogP contribution in [0.15, 0.2) is 29.2 Å². The van der Waals surface area contributed by atoms with E-state index in [4.69, 9.17) is 0 Å². The van der Waals surface area contributed by atoms with Crippen LogP contribution in [0.1, 0.15) is 32.6 Å². The molecule has 2 unspecified atom stereocenters. The van der Waals surface area contributed by atoms with Gasteiger partial charge in [0.2, 0.25) is 0 Å². The van der Waals surface area contributed by atoms with Crippen molar-refractivity contribution >= 4 is 11.8 Å². The minimum atomic E-state index is -0.134. The molecule has 1 aromatic carbocycles. The molecule has 17 heavy (non-hydrogen) atoms. The summed E-state index contributed by atoms with van der Waals surface area (Å²) in [4.78, 5) is 1.06. The molecule has 2 rings (SSSR count). The summed E-state index contributed by atoms with van der Waals surface area (Å²) >= 11 is 1.82. The van der Waals surface area contributed by atoms with Gasteiger partial charge in [-0.1, -0.05) is 25.8 Å². The van der Waals surface area contributed by atoms with E-state index in [0.717, 1.165) is 11.4 Å². The Morgan fingerprint density at radius 2 is 2.18 bits per heavy atom. The molecule has 94 valence electrons. The summed E-state index contributed by atoms with van der Waals surface area (Å²) in [6, 6.07) is 7.53. The molecule has 0 bridgehead atoms. The maximum atomic E-state index is 13.1. The molecule has 1 nitrogen and oxygen atoms in total. The maximum absolute atomic E-state index is 13.1. The molecular weight excluding hydrogens is 233 g/mol.